The number of halogens is 12. The number of amides is 3. The highest BCUT2D eigenvalue weighted by atomic mass is 19.4. The minimum Gasteiger partial charge on any atom is -0.369 e. The van der Waals surface area contributed by atoms with Crippen molar-refractivity contribution in [1.29, 1.82) is 0 Å². The quantitative estimate of drug-likeness (QED) is 0.0807. The Balaban J connectivity index is 1.99. The van der Waals surface area contributed by atoms with Gasteiger partial charge in [-0.25, -0.2) is 0 Å². The van der Waals surface area contributed by atoms with Crippen molar-refractivity contribution in [2.75, 3.05) is 13.3 Å². The second-order valence-corrected chi connectivity index (χ2v) is 11.5. The number of fused-ring (bicyclic) bond motifs is 2. The maximum Gasteiger partial charge on any atom is 0.417 e. The monoisotopic (exact) mass is 722 g/mol. The van der Waals surface area contributed by atoms with Gasteiger partial charge in [-0.3, -0.25) is 24.2 Å². The van der Waals surface area contributed by atoms with E-state index in [1.54, 1.807) is 0 Å². The van der Waals surface area contributed by atoms with Gasteiger partial charge in [0, 0.05) is 60.0 Å². The number of aliphatic hydroxyl groups is 1. The van der Waals surface area contributed by atoms with Gasteiger partial charge in [0.05, 0.1) is 35.6 Å². The van der Waals surface area contributed by atoms with E-state index in [1.165, 1.54) is 0 Å². The van der Waals surface area contributed by atoms with Crippen LogP contribution in [-0.4, -0.2) is 46.0 Å². The third-order valence-electron chi connectivity index (χ3n) is 8.96. The Hall–Kier alpha value is -4.95. The van der Waals surface area contributed by atoms with Crippen LogP contribution in [0.15, 0.2) is 24.3 Å². The van der Waals surface area contributed by atoms with Crippen LogP contribution in [0, 0.1) is 0 Å². The van der Waals surface area contributed by atoms with Crippen LogP contribution >= 0.6 is 0 Å². The second kappa shape index (κ2) is 9.85. The molecule has 7 rings (SSSR count). The van der Waals surface area contributed by atoms with Crippen LogP contribution in [0.25, 0.3) is 43.1 Å². The number of aliphatic hydroxyl groups excluding tert-OH is 1. The molecule has 2 aliphatic heterocycles. The van der Waals surface area contributed by atoms with Gasteiger partial charge in [0.1, 0.15) is 0 Å². The van der Waals surface area contributed by atoms with Gasteiger partial charge in [-0.1, -0.05) is 0 Å². The van der Waals surface area contributed by atoms with Gasteiger partial charge in [-0.2, -0.15) is 52.7 Å². The molecule has 0 radical (unpaired) electrons. The number of nitrogens with zero attached hydrogens (tertiary/aromatic N) is 2. The van der Waals surface area contributed by atoms with Crippen LogP contribution in [0.5, 0.6) is 0 Å². The van der Waals surface area contributed by atoms with Crippen molar-refractivity contribution in [3.63, 3.8) is 0 Å². The number of hydrogen-bond acceptors (Lipinski definition) is 6. The number of imide groups is 1. The van der Waals surface area contributed by atoms with E-state index in [4.69, 9.17) is 11.5 Å². The van der Waals surface area contributed by atoms with E-state index in [2.05, 4.69) is 0 Å². The maximum atomic E-state index is 15.0. The van der Waals surface area contributed by atoms with E-state index in [0.717, 1.165) is 0 Å². The number of benzene rings is 5. The molecule has 8 nitrogen and oxygen atoms in total. The first kappa shape index (κ1) is 33.5. The molecule has 20 heteroatoms. The van der Waals surface area contributed by atoms with Crippen LogP contribution < -0.4 is 11.5 Å². The Bertz CT molecular complexity index is 2310. The van der Waals surface area contributed by atoms with E-state index < -0.39 is 150 Å². The van der Waals surface area contributed by atoms with Gasteiger partial charge in [-0.05, 0) is 29.7 Å². The van der Waals surface area contributed by atoms with E-state index in [-0.39, 0.29) is 34.1 Å². The van der Waals surface area contributed by atoms with E-state index in [0.29, 0.717) is 0 Å². The molecular weight excluding hydrogens is 708 g/mol. The minimum atomic E-state index is -5.81. The molecule has 2 aliphatic rings. The van der Waals surface area contributed by atoms with E-state index in [9.17, 15) is 72.2 Å². The van der Waals surface area contributed by atoms with Crippen molar-refractivity contribution in [3.05, 3.63) is 68.8 Å². The topological polar surface area (TPSA) is 130 Å². The van der Waals surface area contributed by atoms with Crippen LogP contribution in [0.2, 0.25) is 0 Å². The molecule has 262 valence electrons. The highest BCUT2D eigenvalue weighted by Crippen LogP contribution is 2.57. The van der Waals surface area contributed by atoms with Crippen LogP contribution in [-0.2, 0) is 24.7 Å². The van der Waals surface area contributed by atoms with Crippen LogP contribution in [0.3, 0.4) is 0 Å². The molecule has 2 heterocycles. The zero-order valence-corrected chi connectivity index (χ0v) is 24.1. The third kappa shape index (κ3) is 4.17. The summed E-state index contributed by atoms with van der Waals surface area (Å²) in [4.78, 5) is 40.2. The fourth-order valence-corrected chi connectivity index (χ4v) is 7.11. The zero-order valence-electron chi connectivity index (χ0n) is 24.1. The molecule has 0 spiro atoms. The smallest absolute Gasteiger partial charge is 0.369 e. The second-order valence-electron chi connectivity index (χ2n) is 11.5. The highest BCUT2D eigenvalue weighted by molar-refractivity contribution is 6.41. The molecule has 5 aromatic carbocycles. The number of alkyl halides is 12. The Kier molecular flexibility index (Phi) is 6.61. The highest BCUT2D eigenvalue weighted by Gasteiger charge is 2.49. The molecule has 0 aromatic heterocycles. The fourth-order valence-electron chi connectivity index (χ4n) is 7.11. The predicted octanol–water partition coefficient (Wildman–Crippen LogP) is 6.69. The van der Waals surface area contributed by atoms with E-state index >= 15 is 0 Å². The Morgan fingerprint density at radius 3 is 1.18 bits per heavy atom. The number of nitrogens with two attached hydrogens (primary N) is 2. The SMILES string of the molecule is NCN1C(=O)c2cc(C(F)(F)F)c3c4c(C(F)(F)F)cc5c6c(cc(C(F)(F)F)c(c7c(C(F)(F)F)cc(c2c37)C1=O)c64)C(O)N(CN)C5=O. The van der Waals surface area contributed by atoms with Crippen molar-refractivity contribution in [1.82, 2.24) is 9.80 Å². The lowest BCUT2D eigenvalue weighted by atomic mass is 9.76. The van der Waals surface area contributed by atoms with Gasteiger partial charge in [0.15, 0.2) is 6.23 Å². The molecule has 0 saturated heterocycles. The lowest BCUT2D eigenvalue weighted by Crippen LogP contribution is -2.44. The Labute approximate surface area is 267 Å². The lowest BCUT2D eigenvalue weighted by Gasteiger charge is -2.36. The van der Waals surface area contributed by atoms with Gasteiger partial charge >= 0.3 is 24.7 Å². The number of carbonyl (C=O) groups is 3. The zero-order chi connectivity index (χ0) is 36.9. The Morgan fingerprint density at radius 1 is 0.500 bits per heavy atom. The largest absolute Gasteiger partial charge is 0.417 e. The number of hydrogen-bond donors (Lipinski definition) is 3. The predicted molar refractivity (Wildman–Crippen MR) is 147 cm³/mol. The van der Waals surface area contributed by atoms with Gasteiger partial charge in [-0.15, -0.1) is 0 Å². The Morgan fingerprint density at radius 2 is 0.840 bits per heavy atom. The maximum absolute atomic E-state index is 15.0. The average molecular weight is 722 g/mol. The summed E-state index contributed by atoms with van der Waals surface area (Å²) in [5.41, 5.74) is -2.32. The molecule has 0 saturated carbocycles. The van der Waals surface area contributed by atoms with Crippen LogP contribution in [0.4, 0.5) is 52.7 Å². The number of carbonyl (C=O) groups excluding carboxylic acids is 3. The van der Waals surface area contributed by atoms with Crippen molar-refractivity contribution >= 4 is 60.8 Å². The summed E-state index contributed by atoms with van der Waals surface area (Å²) in [6.45, 7) is -2.07. The normalized spacial score (nSPS) is 17.5. The molecule has 1 atom stereocenters. The third-order valence-corrected chi connectivity index (χ3v) is 8.96. The van der Waals surface area contributed by atoms with Crippen LogP contribution in [0.1, 0.15) is 65.1 Å². The van der Waals surface area contributed by atoms with Crippen molar-refractivity contribution in [2.24, 2.45) is 11.5 Å². The van der Waals surface area contributed by atoms with E-state index in [1.807, 2.05) is 0 Å². The summed E-state index contributed by atoms with van der Waals surface area (Å²) < 4.78 is 180. The molecule has 3 amide bonds. The summed E-state index contributed by atoms with van der Waals surface area (Å²) in [5.74, 6) is -4.77. The standard InChI is InChI=1S/C30H14F12N4O4/c31-27(32,33)11-1-7-15-8(24(48)45(5-43)23(7)47)2-13(29(37,38)39)19-20-14(30(40,41)42)4-10-16-9(25(49)46(6-44)26(10)50)3-12(28(34,35)36)18(22(16)20)17(11)21(15)19/h1-4,23,47H,5-6,43-44H2. The first-order chi connectivity index (χ1) is 23.0. The summed E-state index contributed by atoms with van der Waals surface area (Å²) in [5, 5.41) is -1.14. The fraction of sp³-hybridized carbons (Fsp3) is 0.233. The minimum absolute atomic E-state index is 0.00677. The summed E-state index contributed by atoms with van der Waals surface area (Å²) in [7, 11) is 0. The number of rotatable bonds is 2. The first-order valence-corrected chi connectivity index (χ1v) is 13.9. The van der Waals surface area contributed by atoms with Gasteiger partial charge < -0.3 is 16.6 Å². The first-order valence-electron chi connectivity index (χ1n) is 13.9. The molecule has 0 aliphatic carbocycles. The molecule has 0 fully saturated rings. The molecule has 5 aromatic rings. The van der Waals surface area contributed by atoms with Gasteiger partial charge in [0.2, 0.25) is 0 Å². The molecular formula is C30H14F12N4O4. The summed E-state index contributed by atoms with van der Waals surface area (Å²) in [6.07, 6.45) is -25.6. The van der Waals surface area contributed by atoms with Gasteiger partial charge in [0.25, 0.3) is 17.7 Å². The summed E-state index contributed by atoms with van der Waals surface area (Å²) >= 11 is 0. The van der Waals surface area contributed by atoms with Crippen molar-refractivity contribution < 1.29 is 72.2 Å². The average Bonchev–Trinajstić information content (AvgIpc) is 2.99. The van der Waals surface area contributed by atoms with Crippen molar-refractivity contribution in [3.8, 4) is 0 Å². The molecule has 1 unspecified atom stereocenters. The van der Waals surface area contributed by atoms with Crippen molar-refractivity contribution in [2.45, 2.75) is 30.9 Å². The lowest BCUT2D eigenvalue weighted by molar-refractivity contribution is -0.138. The molecule has 50 heavy (non-hydrogen) atoms. The summed E-state index contributed by atoms with van der Waals surface area (Å²) in [6, 6.07) is 0.0384. The molecule has 5 N–H and O–H groups in total. The molecule has 0 bridgehead atoms.